The normalized spacial score (nSPS) is 30.0. The fourth-order valence-electron chi connectivity index (χ4n) is 2.57. The Morgan fingerprint density at radius 1 is 1.30 bits per heavy atom. The molecule has 0 spiro atoms. The van der Waals surface area contributed by atoms with E-state index in [9.17, 15) is 15.3 Å². The van der Waals surface area contributed by atoms with Crippen molar-refractivity contribution in [1.82, 2.24) is 9.55 Å². The van der Waals surface area contributed by atoms with Gasteiger partial charge in [-0.1, -0.05) is 12.1 Å². The largest absolute Gasteiger partial charge is 0.394 e. The summed E-state index contributed by atoms with van der Waals surface area (Å²) < 4.78 is 7.26. The molecule has 1 aromatic carbocycles. The highest BCUT2D eigenvalue weighted by atomic mass is 16.6. The molecule has 20 heavy (non-hydrogen) atoms. The number of anilines is 1. The van der Waals surface area contributed by atoms with Gasteiger partial charge in [0.1, 0.15) is 18.3 Å². The molecule has 0 bridgehead atoms. The zero-order valence-corrected chi connectivity index (χ0v) is 11.0. The summed E-state index contributed by atoms with van der Waals surface area (Å²) in [4.78, 5) is 4.40. The standard InChI is InChI=1S/C13H17N3O4/c1-14-13-15-7-4-2-3-5-8(7)16(13)12-11(19)10(18)9(6-17)20-12/h2-5,9-12,17-19H,6H2,1H3,(H,14,15). The molecule has 7 heteroatoms. The summed E-state index contributed by atoms with van der Waals surface area (Å²) in [5.74, 6) is 0.529. The maximum absolute atomic E-state index is 10.1. The summed E-state index contributed by atoms with van der Waals surface area (Å²) in [6, 6.07) is 7.45. The average Bonchev–Trinajstić information content (AvgIpc) is 2.98. The van der Waals surface area contributed by atoms with E-state index in [0.717, 1.165) is 11.0 Å². The fraction of sp³-hybridized carbons (Fsp3) is 0.462. The summed E-state index contributed by atoms with van der Waals surface area (Å²) in [5, 5.41) is 32.1. The zero-order chi connectivity index (χ0) is 14.3. The molecule has 108 valence electrons. The molecule has 1 aliphatic heterocycles. The molecule has 7 nitrogen and oxygen atoms in total. The van der Waals surface area contributed by atoms with Crippen LogP contribution in [0, 0.1) is 0 Å². The third-order valence-corrected chi connectivity index (χ3v) is 3.59. The number of hydrogen-bond acceptors (Lipinski definition) is 6. The Morgan fingerprint density at radius 2 is 2.05 bits per heavy atom. The second kappa shape index (κ2) is 5.02. The van der Waals surface area contributed by atoms with Crippen LogP contribution in [0.3, 0.4) is 0 Å². The molecule has 0 radical (unpaired) electrons. The monoisotopic (exact) mass is 279 g/mol. The van der Waals surface area contributed by atoms with Gasteiger partial charge in [0.05, 0.1) is 17.6 Å². The molecule has 0 saturated carbocycles. The van der Waals surface area contributed by atoms with Crippen molar-refractivity contribution in [3.05, 3.63) is 24.3 Å². The van der Waals surface area contributed by atoms with Crippen LogP contribution >= 0.6 is 0 Å². The minimum absolute atomic E-state index is 0.351. The smallest absolute Gasteiger partial charge is 0.205 e. The first-order valence-electron chi connectivity index (χ1n) is 6.44. The summed E-state index contributed by atoms with van der Waals surface area (Å²) in [6.07, 6.45) is -3.86. The second-order valence-corrected chi connectivity index (χ2v) is 4.77. The number of fused-ring (bicyclic) bond motifs is 1. The number of nitrogens with one attached hydrogen (secondary N) is 1. The highest BCUT2D eigenvalue weighted by Crippen LogP contribution is 2.34. The van der Waals surface area contributed by atoms with Crippen LogP contribution in [0.1, 0.15) is 6.23 Å². The van der Waals surface area contributed by atoms with Crippen LogP contribution in [0.25, 0.3) is 11.0 Å². The molecular weight excluding hydrogens is 262 g/mol. The molecule has 1 fully saturated rings. The van der Waals surface area contributed by atoms with Gasteiger partial charge in [0.15, 0.2) is 6.23 Å². The van der Waals surface area contributed by atoms with Gasteiger partial charge in [0.25, 0.3) is 0 Å². The molecule has 4 unspecified atom stereocenters. The summed E-state index contributed by atoms with van der Waals surface area (Å²) in [7, 11) is 1.72. The average molecular weight is 279 g/mol. The Labute approximate surface area is 115 Å². The maximum Gasteiger partial charge on any atom is 0.205 e. The molecule has 4 N–H and O–H groups in total. The summed E-state index contributed by atoms with van der Waals surface area (Å²) in [5.41, 5.74) is 1.54. The van der Waals surface area contributed by atoms with Crippen LogP contribution in [-0.4, -0.2) is 56.8 Å². The molecule has 4 atom stereocenters. The minimum Gasteiger partial charge on any atom is -0.394 e. The van der Waals surface area contributed by atoms with Crippen molar-refractivity contribution in [1.29, 1.82) is 0 Å². The van der Waals surface area contributed by atoms with E-state index >= 15 is 0 Å². The van der Waals surface area contributed by atoms with Crippen molar-refractivity contribution in [3.8, 4) is 0 Å². The van der Waals surface area contributed by atoms with E-state index < -0.39 is 24.5 Å². The minimum atomic E-state index is -1.13. The van der Waals surface area contributed by atoms with Crippen molar-refractivity contribution in [3.63, 3.8) is 0 Å². The third-order valence-electron chi connectivity index (χ3n) is 3.59. The van der Waals surface area contributed by atoms with Gasteiger partial charge in [-0.3, -0.25) is 4.57 Å². The van der Waals surface area contributed by atoms with E-state index in [1.54, 1.807) is 11.6 Å². The second-order valence-electron chi connectivity index (χ2n) is 4.77. The van der Waals surface area contributed by atoms with Gasteiger partial charge in [-0.15, -0.1) is 0 Å². The van der Waals surface area contributed by atoms with Gasteiger partial charge in [-0.2, -0.15) is 0 Å². The van der Waals surface area contributed by atoms with Gasteiger partial charge < -0.3 is 25.4 Å². The first-order chi connectivity index (χ1) is 9.67. The van der Waals surface area contributed by atoms with Crippen LogP contribution in [0.4, 0.5) is 5.95 Å². The Hall–Kier alpha value is -1.67. The number of ether oxygens (including phenoxy) is 1. The molecule has 1 saturated heterocycles. The number of benzene rings is 1. The summed E-state index contributed by atoms with van der Waals surface area (Å²) in [6.45, 7) is -0.351. The van der Waals surface area contributed by atoms with Crippen molar-refractivity contribution in [2.75, 3.05) is 19.0 Å². The highest BCUT2D eigenvalue weighted by Gasteiger charge is 2.44. The van der Waals surface area contributed by atoms with Gasteiger partial charge in [-0.25, -0.2) is 4.98 Å². The first kappa shape index (κ1) is 13.3. The van der Waals surface area contributed by atoms with E-state index in [0.29, 0.717) is 5.95 Å². The predicted octanol–water partition coefficient (Wildman–Crippen LogP) is -0.311. The number of rotatable bonds is 3. The SMILES string of the molecule is CNc1nc2ccccc2n1C1OC(CO)C(O)C1O. The molecule has 0 aliphatic carbocycles. The van der Waals surface area contributed by atoms with Crippen molar-refractivity contribution in [2.45, 2.75) is 24.5 Å². The summed E-state index contributed by atoms with van der Waals surface area (Å²) >= 11 is 0. The number of aliphatic hydroxyl groups excluding tert-OH is 3. The van der Waals surface area contributed by atoms with Gasteiger partial charge >= 0.3 is 0 Å². The van der Waals surface area contributed by atoms with Crippen LogP contribution in [-0.2, 0) is 4.74 Å². The lowest BCUT2D eigenvalue weighted by Crippen LogP contribution is -2.33. The molecule has 1 aliphatic rings. The Bertz CT molecular complexity index is 615. The van der Waals surface area contributed by atoms with Crippen molar-refractivity contribution >= 4 is 17.0 Å². The van der Waals surface area contributed by atoms with E-state index in [1.807, 2.05) is 24.3 Å². The van der Waals surface area contributed by atoms with Crippen LogP contribution in [0.15, 0.2) is 24.3 Å². The topological polar surface area (TPSA) is 99.8 Å². The third kappa shape index (κ3) is 1.87. The number of nitrogens with zero attached hydrogens (tertiary/aromatic N) is 2. The fourth-order valence-corrected chi connectivity index (χ4v) is 2.57. The molecule has 1 aromatic heterocycles. The van der Waals surface area contributed by atoms with E-state index in [-0.39, 0.29) is 6.61 Å². The van der Waals surface area contributed by atoms with Crippen LogP contribution in [0.5, 0.6) is 0 Å². The first-order valence-corrected chi connectivity index (χ1v) is 6.44. The van der Waals surface area contributed by atoms with Gasteiger partial charge in [-0.05, 0) is 12.1 Å². The number of imidazole rings is 1. The number of aliphatic hydroxyl groups is 3. The Kier molecular flexibility index (Phi) is 3.35. The molecular formula is C13H17N3O4. The predicted molar refractivity (Wildman–Crippen MR) is 72.3 cm³/mol. The maximum atomic E-state index is 10.1. The number of hydrogen-bond donors (Lipinski definition) is 4. The quantitative estimate of drug-likeness (QED) is 0.615. The van der Waals surface area contributed by atoms with Crippen molar-refractivity contribution in [2.24, 2.45) is 0 Å². The van der Waals surface area contributed by atoms with E-state index in [1.165, 1.54) is 0 Å². The van der Waals surface area contributed by atoms with Gasteiger partial charge in [0.2, 0.25) is 5.95 Å². The number of para-hydroxylation sites is 2. The van der Waals surface area contributed by atoms with E-state index in [2.05, 4.69) is 10.3 Å². The molecule has 2 heterocycles. The molecule has 2 aromatic rings. The number of aromatic nitrogens is 2. The van der Waals surface area contributed by atoms with Gasteiger partial charge in [0, 0.05) is 7.05 Å². The van der Waals surface area contributed by atoms with Crippen LogP contribution in [0.2, 0.25) is 0 Å². The Balaban J connectivity index is 2.10. The zero-order valence-electron chi connectivity index (χ0n) is 11.0. The Morgan fingerprint density at radius 3 is 2.70 bits per heavy atom. The lowest BCUT2D eigenvalue weighted by atomic mass is 10.1. The van der Waals surface area contributed by atoms with E-state index in [4.69, 9.17) is 4.74 Å². The van der Waals surface area contributed by atoms with Crippen LogP contribution < -0.4 is 5.32 Å². The van der Waals surface area contributed by atoms with Crippen molar-refractivity contribution < 1.29 is 20.1 Å². The molecule has 0 amide bonds. The molecule has 3 rings (SSSR count). The highest BCUT2D eigenvalue weighted by molar-refractivity contribution is 5.78. The lowest BCUT2D eigenvalue weighted by molar-refractivity contribution is -0.0499. The lowest BCUT2D eigenvalue weighted by Gasteiger charge is -2.19.